The summed E-state index contributed by atoms with van der Waals surface area (Å²) in [6.07, 6.45) is -0.0680. The summed E-state index contributed by atoms with van der Waals surface area (Å²) in [6, 6.07) is 26.9. The number of rotatable bonds is 13. The highest BCUT2D eigenvalue weighted by Gasteiger charge is 2.24. The maximum atomic E-state index is 13.9. The molecular weight excluding hydrogens is 510 g/mol. The highest BCUT2D eigenvalue weighted by Crippen LogP contribution is 2.17. The van der Waals surface area contributed by atoms with E-state index in [0.29, 0.717) is 29.0 Å². The van der Waals surface area contributed by atoms with Gasteiger partial charge in [0.15, 0.2) is 0 Å². The molecule has 0 saturated carbocycles. The number of aliphatic hydroxyl groups is 1. The minimum Gasteiger partial charge on any atom is -0.489 e. The van der Waals surface area contributed by atoms with Gasteiger partial charge in [0.25, 0.3) is 5.91 Å². The lowest BCUT2D eigenvalue weighted by Crippen LogP contribution is -2.48. The van der Waals surface area contributed by atoms with E-state index in [1.165, 1.54) is 17.7 Å². The topological polar surface area (TPSA) is 70.6 Å². The molecular formula is C33H34F2N2O3. The van der Waals surface area contributed by atoms with Gasteiger partial charge >= 0.3 is 0 Å². The Hall–Kier alpha value is -4.07. The number of amides is 1. The Morgan fingerprint density at radius 2 is 1.55 bits per heavy atom. The SMILES string of the molecule is CCc1cccc(CNC[C@H](O)[C@H](Cc2cc(F)cc(F)c2)NC(=O)c2ccccc2COc2ccccc2)c1. The number of carbonyl (C=O) groups is 1. The van der Waals surface area contributed by atoms with Crippen LogP contribution < -0.4 is 15.4 Å². The third kappa shape index (κ3) is 8.46. The second-order valence-corrected chi connectivity index (χ2v) is 9.69. The molecule has 0 radical (unpaired) electrons. The van der Waals surface area contributed by atoms with E-state index in [-0.39, 0.29) is 19.6 Å². The molecule has 0 aliphatic heterocycles. The Morgan fingerprint density at radius 3 is 2.30 bits per heavy atom. The molecule has 1 amide bonds. The predicted octanol–water partition coefficient (Wildman–Crippen LogP) is 5.60. The van der Waals surface area contributed by atoms with E-state index < -0.39 is 29.7 Å². The van der Waals surface area contributed by atoms with E-state index in [0.717, 1.165) is 18.1 Å². The largest absolute Gasteiger partial charge is 0.489 e. The van der Waals surface area contributed by atoms with Gasteiger partial charge in [-0.1, -0.05) is 67.6 Å². The molecule has 2 atom stereocenters. The van der Waals surface area contributed by atoms with E-state index in [4.69, 9.17) is 4.74 Å². The summed E-state index contributed by atoms with van der Waals surface area (Å²) in [6.45, 7) is 2.96. The molecule has 4 aromatic rings. The van der Waals surface area contributed by atoms with Crippen molar-refractivity contribution >= 4 is 5.91 Å². The van der Waals surface area contributed by atoms with Crippen molar-refractivity contribution in [3.8, 4) is 5.75 Å². The van der Waals surface area contributed by atoms with Crippen LogP contribution in [0.15, 0.2) is 97.1 Å². The van der Waals surface area contributed by atoms with Gasteiger partial charge in [-0.25, -0.2) is 8.78 Å². The highest BCUT2D eigenvalue weighted by molar-refractivity contribution is 5.95. The molecule has 208 valence electrons. The highest BCUT2D eigenvalue weighted by atomic mass is 19.1. The average Bonchev–Trinajstić information content (AvgIpc) is 2.96. The fourth-order valence-electron chi connectivity index (χ4n) is 4.52. The van der Waals surface area contributed by atoms with Crippen molar-refractivity contribution in [2.75, 3.05) is 6.54 Å². The molecule has 5 nitrogen and oxygen atoms in total. The van der Waals surface area contributed by atoms with Gasteiger partial charge in [-0.15, -0.1) is 0 Å². The molecule has 0 fully saturated rings. The van der Waals surface area contributed by atoms with Crippen LogP contribution in [0, 0.1) is 11.6 Å². The first-order valence-electron chi connectivity index (χ1n) is 13.4. The summed E-state index contributed by atoms with van der Waals surface area (Å²) in [4.78, 5) is 13.4. The molecule has 0 spiro atoms. The lowest BCUT2D eigenvalue weighted by molar-refractivity contribution is 0.0827. The first-order valence-corrected chi connectivity index (χ1v) is 13.4. The quantitative estimate of drug-likeness (QED) is 0.205. The van der Waals surface area contributed by atoms with Crippen LogP contribution in [0.4, 0.5) is 8.78 Å². The third-order valence-electron chi connectivity index (χ3n) is 6.64. The van der Waals surface area contributed by atoms with Crippen molar-refractivity contribution in [1.82, 2.24) is 10.6 Å². The average molecular weight is 545 g/mol. The lowest BCUT2D eigenvalue weighted by Gasteiger charge is -2.25. The Labute approximate surface area is 233 Å². The van der Waals surface area contributed by atoms with Gasteiger partial charge in [0.05, 0.1) is 12.1 Å². The van der Waals surface area contributed by atoms with Gasteiger partial charge in [-0.2, -0.15) is 0 Å². The fourth-order valence-corrected chi connectivity index (χ4v) is 4.52. The van der Waals surface area contributed by atoms with E-state index >= 15 is 0 Å². The summed E-state index contributed by atoms with van der Waals surface area (Å²) in [5.41, 5.74) is 3.69. The van der Waals surface area contributed by atoms with Gasteiger partial charge < -0.3 is 20.5 Å². The van der Waals surface area contributed by atoms with Crippen LogP contribution in [0.1, 0.15) is 39.5 Å². The maximum Gasteiger partial charge on any atom is 0.252 e. The van der Waals surface area contributed by atoms with Crippen LogP contribution in [0.25, 0.3) is 0 Å². The monoisotopic (exact) mass is 544 g/mol. The fraction of sp³-hybridized carbons (Fsp3) is 0.242. The lowest BCUT2D eigenvalue weighted by atomic mass is 9.99. The molecule has 0 saturated heterocycles. The van der Waals surface area contributed by atoms with E-state index in [1.54, 1.807) is 18.2 Å². The number of ether oxygens (including phenoxy) is 1. The van der Waals surface area contributed by atoms with Gasteiger partial charge in [-0.05, 0) is 59.9 Å². The summed E-state index contributed by atoms with van der Waals surface area (Å²) < 4.78 is 33.7. The summed E-state index contributed by atoms with van der Waals surface area (Å²) in [7, 11) is 0. The van der Waals surface area contributed by atoms with Crippen LogP contribution in [0.2, 0.25) is 0 Å². The maximum absolute atomic E-state index is 13.9. The van der Waals surface area contributed by atoms with Gasteiger partial charge in [0.2, 0.25) is 0 Å². The summed E-state index contributed by atoms with van der Waals surface area (Å²) in [5.74, 6) is -1.17. The van der Waals surface area contributed by atoms with Crippen LogP contribution in [0.5, 0.6) is 5.75 Å². The molecule has 3 N–H and O–H groups in total. The predicted molar refractivity (Wildman–Crippen MR) is 152 cm³/mol. The molecule has 0 aromatic heterocycles. The molecule has 4 rings (SSSR count). The van der Waals surface area contributed by atoms with E-state index in [9.17, 15) is 18.7 Å². The number of aliphatic hydroxyl groups excluding tert-OH is 1. The van der Waals surface area contributed by atoms with Crippen molar-refractivity contribution in [3.63, 3.8) is 0 Å². The van der Waals surface area contributed by atoms with Crippen LogP contribution in [0.3, 0.4) is 0 Å². The molecule has 0 aliphatic rings. The van der Waals surface area contributed by atoms with Crippen molar-refractivity contribution < 1.29 is 23.4 Å². The van der Waals surface area contributed by atoms with E-state index in [1.807, 2.05) is 48.5 Å². The van der Waals surface area contributed by atoms with Crippen molar-refractivity contribution in [2.24, 2.45) is 0 Å². The minimum absolute atomic E-state index is 0.0390. The van der Waals surface area contributed by atoms with Crippen molar-refractivity contribution in [2.45, 2.75) is 45.1 Å². The number of halogens is 2. The molecule has 4 aromatic carbocycles. The Bertz CT molecular complexity index is 1380. The number of carbonyl (C=O) groups excluding carboxylic acids is 1. The van der Waals surface area contributed by atoms with Gasteiger partial charge in [-0.3, -0.25) is 4.79 Å². The molecule has 0 unspecified atom stereocenters. The number of aryl methyl sites for hydroxylation is 1. The van der Waals surface area contributed by atoms with Crippen molar-refractivity contribution in [3.05, 3.63) is 137 Å². The van der Waals surface area contributed by atoms with Crippen LogP contribution in [-0.4, -0.2) is 29.7 Å². The Kier molecular flexibility index (Phi) is 10.4. The zero-order valence-electron chi connectivity index (χ0n) is 22.4. The number of nitrogens with one attached hydrogen (secondary N) is 2. The zero-order valence-corrected chi connectivity index (χ0v) is 22.4. The van der Waals surface area contributed by atoms with Crippen LogP contribution in [-0.2, 0) is 26.0 Å². The number of benzene rings is 4. The van der Waals surface area contributed by atoms with Crippen molar-refractivity contribution in [1.29, 1.82) is 0 Å². The summed E-state index contributed by atoms with van der Waals surface area (Å²) in [5, 5.41) is 17.2. The second-order valence-electron chi connectivity index (χ2n) is 9.69. The molecule has 40 heavy (non-hydrogen) atoms. The van der Waals surface area contributed by atoms with Crippen LogP contribution >= 0.6 is 0 Å². The second kappa shape index (κ2) is 14.4. The standard InChI is InChI=1S/C33H34F2N2O3/c1-2-23-9-8-10-24(15-23)20-36-21-32(38)31(18-25-16-27(34)19-28(35)17-25)37-33(39)30-14-7-6-11-26(30)22-40-29-12-4-3-5-13-29/h3-17,19,31-32,36,38H,2,18,20-22H2,1H3,(H,37,39)/t31-,32-/m0/s1. The first-order chi connectivity index (χ1) is 19.4. The smallest absolute Gasteiger partial charge is 0.252 e. The number of hydrogen-bond donors (Lipinski definition) is 3. The minimum atomic E-state index is -1.03. The van der Waals surface area contributed by atoms with Gasteiger partial charge in [0.1, 0.15) is 24.0 Å². The zero-order chi connectivity index (χ0) is 28.3. The summed E-state index contributed by atoms with van der Waals surface area (Å²) >= 11 is 0. The third-order valence-corrected chi connectivity index (χ3v) is 6.64. The number of para-hydroxylation sites is 1. The molecule has 0 bridgehead atoms. The first kappa shape index (κ1) is 28.9. The van der Waals surface area contributed by atoms with E-state index in [2.05, 4.69) is 29.7 Å². The molecule has 0 heterocycles. The normalized spacial score (nSPS) is 12.5. The Morgan fingerprint density at radius 1 is 0.850 bits per heavy atom. The molecule has 7 heteroatoms. The van der Waals surface area contributed by atoms with Gasteiger partial charge in [0, 0.05) is 30.3 Å². The number of hydrogen-bond acceptors (Lipinski definition) is 4. The molecule has 0 aliphatic carbocycles. The Balaban J connectivity index is 1.47.